The Morgan fingerprint density at radius 3 is 2.54 bits per heavy atom. The number of esters is 1. The number of fused-ring (bicyclic) bond motifs is 2. The normalized spacial score (nSPS) is 33.9. The molecule has 1 aromatic rings. The second kappa shape index (κ2) is 11.7. The highest BCUT2D eigenvalue weighted by molar-refractivity contribution is 9.11. The standard InChI is InChI=1S/C30H36BrN3O7/c1-17(2)33-13-9-5-8-12-22(36)32-15-18(3)40-29(39)23-24-27(37)34(21(16-35)19-10-6-4-7-11-19)26(28(33)38)30(24)14-20(31)25(23)41-30/h4-7,9-11,14,17-18,21,23-26,35H,8,12-13,15-16H2,1-3H3,(H,32,36)/b9-5-/t18-,21+,23+,24-,25+,26+,30-/m0/s1. The molecule has 1 aromatic carbocycles. The molecule has 0 radical (unpaired) electrons. The zero-order valence-corrected chi connectivity index (χ0v) is 25.0. The summed E-state index contributed by atoms with van der Waals surface area (Å²) in [6.07, 6.45) is 4.73. The first-order valence-electron chi connectivity index (χ1n) is 14.1. The van der Waals surface area contributed by atoms with Crippen LogP contribution >= 0.6 is 15.9 Å². The maximum atomic E-state index is 14.6. The molecule has 3 amide bonds. The Kier molecular flexibility index (Phi) is 8.41. The number of carbonyl (C=O) groups excluding carboxylic acids is 4. The second-order valence-corrected chi connectivity index (χ2v) is 12.2. The first-order chi connectivity index (χ1) is 19.6. The van der Waals surface area contributed by atoms with Gasteiger partial charge < -0.3 is 29.7 Å². The number of aliphatic hydroxyl groups is 1. The van der Waals surface area contributed by atoms with Crippen molar-refractivity contribution in [3.63, 3.8) is 0 Å². The minimum absolute atomic E-state index is 0.127. The lowest BCUT2D eigenvalue weighted by molar-refractivity contribution is -0.159. The summed E-state index contributed by atoms with van der Waals surface area (Å²) in [6.45, 7) is 5.40. The van der Waals surface area contributed by atoms with Crippen molar-refractivity contribution in [2.45, 2.75) is 69.5 Å². The Morgan fingerprint density at radius 1 is 1.12 bits per heavy atom. The fourth-order valence-corrected chi connectivity index (χ4v) is 7.20. The van der Waals surface area contributed by atoms with Gasteiger partial charge in [0, 0.05) is 23.5 Å². The quantitative estimate of drug-likeness (QED) is 0.386. The topological polar surface area (TPSA) is 125 Å². The highest BCUT2D eigenvalue weighted by Crippen LogP contribution is 2.60. The number of cyclic esters (lactones) is 1. The van der Waals surface area contributed by atoms with Gasteiger partial charge in [0.1, 0.15) is 29.8 Å². The van der Waals surface area contributed by atoms with Gasteiger partial charge in [0.05, 0.1) is 25.1 Å². The molecule has 11 heteroatoms. The number of likely N-dealkylation sites (tertiary alicyclic amines) is 1. The zero-order chi connectivity index (χ0) is 29.5. The van der Waals surface area contributed by atoms with E-state index in [9.17, 15) is 24.3 Å². The van der Waals surface area contributed by atoms with Gasteiger partial charge in [0.2, 0.25) is 17.7 Å². The van der Waals surface area contributed by atoms with E-state index in [0.717, 1.165) is 0 Å². The van der Waals surface area contributed by atoms with Gasteiger partial charge in [0.15, 0.2) is 0 Å². The van der Waals surface area contributed by atoms with E-state index >= 15 is 0 Å². The van der Waals surface area contributed by atoms with E-state index in [-0.39, 0.29) is 37.4 Å². The Bertz CT molecular complexity index is 1270. The van der Waals surface area contributed by atoms with Crippen molar-refractivity contribution < 1.29 is 33.8 Å². The largest absolute Gasteiger partial charge is 0.460 e. The Balaban J connectivity index is 1.65. The van der Waals surface area contributed by atoms with Gasteiger partial charge >= 0.3 is 5.97 Å². The number of hydrogen-bond donors (Lipinski definition) is 2. The van der Waals surface area contributed by atoms with Crippen LogP contribution in [-0.2, 0) is 28.7 Å². The van der Waals surface area contributed by atoms with Crippen molar-refractivity contribution in [1.29, 1.82) is 0 Å². The average Bonchev–Trinajstić information content (AvgIpc) is 3.53. The van der Waals surface area contributed by atoms with E-state index in [1.807, 2.05) is 44.2 Å². The molecule has 5 bridgehead atoms. The minimum atomic E-state index is -1.44. The molecular weight excluding hydrogens is 594 g/mol. The Morgan fingerprint density at radius 2 is 1.85 bits per heavy atom. The summed E-state index contributed by atoms with van der Waals surface area (Å²) in [7, 11) is 0. The molecule has 2 saturated heterocycles. The fraction of sp³-hybridized carbons (Fsp3) is 0.533. The summed E-state index contributed by atoms with van der Waals surface area (Å²) in [5.74, 6) is -3.66. The van der Waals surface area contributed by atoms with Gasteiger partial charge in [-0.25, -0.2) is 0 Å². The van der Waals surface area contributed by atoms with Crippen LogP contribution in [0.5, 0.6) is 0 Å². The van der Waals surface area contributed by atoms with E-state index < -0.39 is 60.2 Å². The number of nitrogens with one attached hydrogen (secondary N) is 1. The average molecular weight is 631 g/mol. The number of aliphatic hydroxyl groups excluding tert-OH is 1. The predicted octanol–water partition coefficient (Wildman–Crippen LogP) is 2.23. The summed E-state index contributed by atoms with van der Waals surface area (Å²) in [6, 6.07) is 6.84. The number of ether oxygens (including phenoxy) is 2. The molecular formula is C30H36BrN3O7. The van der Waals surface area contributed by atoms with Crippen LogP contribution < -0.4 is 5.32 Å². The predicted molar refractivity (Wildman–Crippen MR) is 152 cm³/mol. The Hall–Kier alpha value is -3.02. The number of allylic oxidation sites excluding steroid dienone is 1. The molecule has 220 valence electrons. The van der Waals surface area contributed by atoms with Crippen molar-refractivity contribution in [1.82, 2.24) is 15.1 Å². The molecule has 2 fully saturated rings. The zero-order valence-electron chi connectivity index (χ0n) is 23.4. The fourth-order valence-electron chi connectivity index (χ4n) is 6.47. The van der Waals surface area contributed by atoms with Crippen LogP contribution in [0.3, 0.4) is 0 Å². The Labute approximate surface area is 247 Å². The van der Waals surface area contributed by atoms with Crippen LogP contribution in [0.4, 0.5) is 0 Å². The van der Waals surface area contributed by atoms with Crippen LogP contribution in [0.2, 0.25) is 0 Å². The van der Waals surface area contributed by atoms with E-state index in [1.54, 1.807) is 30.0 Å². The number of nitrogens with zero attached hydrogens (tertiary/aromatic N) is 2. The van der Waals surface area contributed by atoms with E-state index in [1.165, 1.54) is 4.90 Å². The maximum absolute atomic E-state index is 14.6. The number of carbonyl (C=O) groups is 4. The van der Waals surface area contributed by atoms with Crippen molar-refractivity contribution in [3.8, 4) is 0 Å². The molecule has 2 N–H and O–H groups in total. The lowest BCUT2D eigenvalue weighted by Crippen LogP contribution is -2.58. The number of hydrogen-bond acceptors (Lipinski definition) is 7. The molecule has 0 aliphatic carbocycles. The first kappa shape index (κ1) is 29.5. The van der Waals surface area contributed by atoms with E-state index in [4.69, 9.17) is 9.47 Å². The number of rotatable bonds is 4. The van der Waals surface area contributed by atoms with Gasteiger partial charge in [-0.3, -0.25) is 19.2 Å². The smallest absolute Gasteiger partial charge is 0.313 e. The van der Waals surface area contributed by atoms with Crippen molar-refractivity contribution >= 4 is 39.6 Å². The number of halogens is 1. The van der Waals surface area contributed by atoms with Gasteiger partial charge in [-0.2, -0.15) is 0 Å². The summed E-state index contributed by atoms with van der Waals surface area (Å²) in [5.41, 5.74) is -0.775. The molecule has 0 unspecified atom stereocenters. The van der Waals surface area contributed by atoms with Gasteiger partial charge in [0.25, 0.3) is 0 Å². The molecule has 41 heavy (non-hydrogen) atoms. The van der Waals surface area contributed by atoms with Gasteiger partial charge in [-0.15, -0.1) is 0 Å². The van der Waals surface area contributed by atoms with Crippen LogP contribution in [0.15, 0.2) is 53.0 Å². The van der Waals surface area contributed by atoms with Crippen LogP contribution in [0, 0.1) is 11.8 Å². The maximum Gasteiger partial charge on any atom is 0.313 e. The first-order valence-corrected chi connectivity index (χ1v) is 14.9. The molecule has 1 spiro atoms. The molecule has 10 nitrogen and oxygen atoms in total. The van der Waals surface area contributed by atoms with E-state index in [2.05, 4.69) is 21.2 Å². The number of amides is 3. The highest BCUT2D eigenvalue weighted by Gasteiger charge is 2.75. The molecule has 7 atom stereocenters. The summed E-state index contributed by atoms with van der Waals surface area (Å²) in [4.78, 5) is 58.0. The molecule has 4 heterocycles. The lowest BCUT2D eigenvalue weighted by Gasteiger charge is -2.40. The van der Waals surface area contributed by atoms with Gasteiger partial charge in [-0.05, 0) is 38.8 Å². The van der Waals surface area contributed by atoms with Gasteiger partial charge in [-0.1, -0.05) is 58.4 Å². The molecule has 0 aromatic heterocycles. The summed E-state index contributed by atoms with van der Waals surface area (Å²) >= 11 is 3.54. The number of benzene rings is 1. The second-order valence-electron chi connectivity index (χ2n) is 11.3. The van der Waals surface area contributed by atoms with Crippen LogP contribution in [0.25, 0.3) is 0 Å². The minimum Gasteiger partial charge on any atom is -0.460 e. The van der Waals surface area contributed by atoms with E-state index in [0.29, 0.717) is 16.5 Å². The molecule has 4 aliphatic rings. The molecule has 4 aliphatic heterocycles. The molecule has 5 rings (SSSR count). The van der Waals surface area contributed by atoms with Crippen molar-refractivity contribution in [2.24, 2.45) is 11.8 Å². The van der Waals surface area contributed by atoms with Crippen LogP contribution in [-0.4, -0.2) is 88.2 Å². The SMILES string of the molecule is CC(C)N1C/C=C\CCC(=O)NC[C@H](C)OC(=O)[C@H]2[C@@H]3O[C@@]4(C=C3Br)[C@@H]2C(=O)N([C@H](CO)c2ccccc2)[C@@H]4C1=O. The van der Waals surface area contributed by atoms with Crippen molar-refractivity contribution in [3.05, 3.63) is 58.6 Å². The lowest BCUT2D eigenvalue weighted by atomic mass is 9.74. The van der Waals surface area contributed by atoms with Crippen LogP contribution in [0.1, 0.15) is 45.2 Å². The third-order valence-corrected chi connectivity index (χ3v) is 9.06. The monoisotopic (exact) mass is 629 g/mol. The molecule has 0 saturated carbocycles. The third kappa shape index (κ3) is 5.12. The summed E-state index contributed by atoms with van der Waals surface area (Å²) in [5, 5.41) is 13.4. The van der Waals surface area contributed by atoms with Crippen molar-refractivity contribution in [2.75, 3.05) is 19.7 Å². The third-order valence-electron chi connectivity index (χ3n) is 8.38. The highest BCUT2D eigenvalue weighted by atomic mass is 79.9. The summed E-state index contributed by atoms with van der Waals surface area (Å²) < 4.78 is 12.8.